The molecule has 0 aromatic rings. The summed E-state index contributed by atoms with van der Waals surface area (Å²) < 4.78 is 16.2. The molecule has 0 spiro atoms. The molecule has 0 saturated carbocycles. The normalized spacial score (nSPS) is 21.9. The standard InChI is InChI=1S/C13H21NO4S2/c1-3-4-7-14-11(15)10-17-8-9-18-13-6-5-12(16-2)19-20-13/h12-13H,5-10H2,1-2H3,(H,14,15). The van der Waals surface area contributed by atoms with E-state index in [4.69, 9.17) is 14.2 Å². The Morgan fingerprint density at radius 1 is 1.30 bits per heavy atom. The van der Waals surface area contributed by atoms with Crippen LogP contribution in [-0.4, -0.2) is 50.3 Å². The van der Waals surface area contributed by atoms with E-state index in [1.807, 2.05) is 0 Å². The van der Waals surface area contributed by atoms with Crippen LogP contribution in [-0.2, 0) is 19.0 Å². The van der Waals surface area contributed by atoms with E-state index in [-0.39, 0.29) is 23.4 Å². The van der Waals surface area contributed by atoms with Gasteiger partial charge in [0, 0.05) is 7.11 Å². The lowest BCUT2D eigenvalue weighted by atomic mass is 10.3. The van der Waals surface area contributed by atoms with Gasteiger partial charge in [0.25, 0.3) is 0 Å². The van der Waals surface area contributed by atoms with Crippen LogP contribution in [0.1, 0.15) is 19.8 Å². The first kappa shape index (κ1) is 17.7. The van der Waals surface area contributed by atoms with Crippen LogP contribution < -0.4 is 5.32 Å². The van der Waals surface area contributed by atoms with Gasteiger partial charge in [-0.3, -0.25) is 4.79 Å². The van der Waals surface area contributed by atoms with E-state index in [1.54, 1.807) is 35.6 Å². The molecule has 20 heavy (non-hydrogen) atoms. The van der Waals surface area contributed by atoms with Gasteiger partial charge in [-0.05, 0) is 19.8 Å². The van der Waals surface area contributed by atoms with Crippen molar-refractivity contribution in [2.24, 2.45) is 0 Å². The highest BCUT2D eigenvalue weighted by Crippen LogP contribution is 2.41. The molecule has 0 aromatic carbocycles. The van der Waals surface area contributed by atoms with Gasteiger partial charge in [0.1, 0.15) is 17.5 Å². The Bertz CT molecular complexity index is 335. The van der Waals surface area contributed by atoms with E-state index in [0.29, 0.717) is 19.8 Å². The van der Waals surface area contributed by atoms with Crippen LogP contribution >= 0.6 is 21.6 Å². The van der Waals surface area contributed by atoms with Crippen LogP contribution in [0.15, 0.2) is 0 Å². The average molecular weight is 319 g/mol. The molecule has 1 aliphatic rings. The van der Waals surface area contributed by atoms with Gasteiger partial charge < -0.3 is 19.5 Å². The SMILES string of the molecule is CC#CCNC(=O)COCCOC1CCC(OC)SS1. The van der Waals surface area contributed by atoms with E-state index in [0.717, 1.165) is 12.8 Å². The third-order valence-corrected chi connectivity index (χ3v) is 5.45. The molecule has 1 amide bonds. The number of amides is 1. The molecule has 0 aromatic heterocycles. The number of hydrogen-bond acceptors (Lipinski definition) is 6. The van der Waals surface area contributed by atoms with Crippen LogP contribution in [0.5, 0.6) is 0 Å². The van der Waals surface area contributed by atoms with Crippen molar-refractivity contribution in [2.75, 3.05) is 33.5 Å². The van der Waals surface area contributed by atoms with Gasteiger partial charge in [0.2, 0.25) is 5.91 Å². The smallest absolute Gasteiger partial charge is 0.246 e. The number of methoxy groups -OCH3 is 1. The summed E-state index contributed by atoms with van der Waals surface area (Å²) in [6.07, 6.45) is 1.98. The molecule has 1 aliphatic heterocycles. The van der Waals surface area contributed by atoms with Crippen molar-refractivity contribution >= 4 is 27.5 Å². The molecule has 2 atom stereocenters. The fraction of sp³-hybridized carbons (Fsp3) is 0.769. The summed E-state index contributed by atoms with van der Waals surface area (Å²) in [5, 5.41) is 2.64. The molecule has 1 N–H and O–H groups in total. The van der Waals surface area contributed by atoms with Crippen LogP contribution in [0.3, 0.4) is 0 Å². The molecular formula is C13H21NO4S2. The first-order valence-corrected chi connectivity index (χ1v) is 8.74. The van der Waals surface area contributed by atoms with E-state index >= 15 is 0 Å². The van der Waals surface area contributed by atoms with E-state index in [1.165, 1.54) is 0 Å². The second-order valence-electron chi connectivity index (χ2n) is 3.99. The lowest BCUT2D eigenvalue weighted by Gasteiger charge is -2.26. The highest BCUT2D eigenvalue weighted by molar-refractivity contribution is 8.77. The molecule has 1 saturated heterocycles. The first-order valence-electron chi connectivity index (χ1n) is 6.47. The molecule has 1 fully saturated rings. The summed E-state index contributed by atoms with van der Waals surface area (Å²) in [6, 6.07) is 0. The molecule has 2 unspecified atom stereocenters. The maximum absolute atomic E-state index is 11.3. The van der Waals surface area contributed by atoms with Crippen LogP contribution in [0.25, 0.3) is 0 Å². The maximum Gasteiger partial charge on any atom is 0.246 e. The zero-order valence-corrected chi connectivity index (χ0v) is 13.5. The fourth-order valence-electron chi connectivity index (χ4n) is 1.45. The van der Waals surface area contributed by atoms with Gasteiger partial charge in [0.05, 0.1) is 19.8 Å². The minimum Gasteiger partial charge on any atom is -0.370 e. The summed E-state index contributed by atoms with van der Waals surface area (Å²) in [5.74, 6) is 5.30. The number of carbonyl (C=O) groups excluding carboxylic acids is 1. The summed E-state index contributed by atoms with van der Waals surface area (Å²) in [5.41, 5.74) is 0.453. The zero-order chi connectivity index (χ0) is 14.6. The Kier molecular flexibility index (Phi) is 9.97. The zero-order valence-electron chi connectivity index (χ0n) is 11.8. The Labute approximate surface area is 128 Å². The van der Waals surface area contributed by atoms with Crippen molar-refractivity contribution < 1.29 is 19.0 Å². The minimum absolute atomic E-state index is 0.0487. The molecule has 1 rings (SSSR count). The third-order valence-electron chi connectivity index (χ3n) is 2.49. The number of carbonyl (C=O) groups is 1. The summed E-state index contributed by atoms with van der Waals surface area (Å²) in [7, 11) is 5.12. The molecule has 114 valence electrons. The lowest BCUT2D eigenvalue weighted by Crippen LogP contribution is -2.28. The number of ether oxygens (including phenoxy) is 3. The summed E-state index contributed by atoms with van der Waals surface area (Å²) >= 11 is 0. The molecule has 5 nitrogen and oxygen atoms in total. The Morgan fingerprint density at radius 2 is 2.05 bits per heavy atom. The Hall–Kier alpha value is -0.390. The molecule has 7 heteroatoms. The van der Waals surface area contributed by atoms with Crippen LogP contribution in [0, 0.1) is 11.8 Å². The van der Waals surface area contributed by atoms with Crippen molar-refractivity contribution in [3.8, 4) is 11.8 Å². The van der Waals surface area contributed by atoms with Crippen molar-refractivity contribution in [3.63, 3.8) is 0 Å². The molecule has 0 radical (unpaired) electrons. The minimum atomic E-state index is -0.154. The van der Waals surface area contributed by atoms with Crippen molar-refractivity contribution in [2.45, 2.75) is 30.6 Å². The number of nitrogens with one attached hydrogen (secondary N) is 1. The lowest BCUT2D eigenvalue weighted by molar-refractivity contribution is -0.126. The highest BCUT2D eigenvalue weighted by atomic mass is 33.1. The summed E-state index contributed by atoms with van der Waals surface area (Å²) in [4.78, 5) is 11.3. The Morgan fingerprint density at radius 3 is 2.70 bits per heavy atom. The third kappa shape index (κ3) is 8.02. The monoisotopic (exact) mass is 319 g/mol. The average Bonchev–Trinajstić information content (AvgIpc) is 2.48. The van der Waals surface area contributed by atoms with E-state index < -0.39 is 0 Å². The van der Waals surface area contributed by atoms with Crippen LogP contribution in [0.4, 0.5) is 0 Å². The largest absolute Gasteiger partial charge is 0.370 e. The second-order valence-corrected chi connectivity index (χ2v) is 6.58. The van der Waals surface area contributed by atoms with E-state index in [2.05, 4.69) is 17.2 Å². The van der Waals surface area contributed by atoms with Gasteiger partial charge >= 0.3 is 0 Å². The number of rotatable bonds is 8. The molecule has 1 heterocycles. The summed E-state index contributed by atoms with van der Waals surface area (Å²) in [6.45, 7) is 3.06. The van der Waals surface area contributed by atoms with Gasteiger partial charge in [-0.2, -0.15) is 0 Å². The molecule has 0 bridgehead atoms. The van der Waals surface area contributed by atoms with Gasteiger partial charge in [-0.1, -0.05) is 27.5 Å². The first-order chi connectivity index (χ1) is 9.76. The molecule has 0 aliphatic carbocycles. The van der Waals surface area contributed by atoms with Crippen LogP contribution in [0.2, 0.25) is 0 Å². The highest BCUT2D eigenvalue weighted by Gasteiger charge is 2.22. The number of hydrogen-bond donors (Lipinski definition) is 1. The Balaban J connectivity index is 1.94. The van der Waals surface area contributed by atoms with Crippen molar-refractivity contribution in [1.29, 1.82) is 0 Å². The fourth-order valence-corrected chi connectivity index (χ4v) is 4.11. The molecular weight excluding hydrogens is 298 g/mol. The second kappa shape index (κ2) is 11.3. The van der Waals surface area contributed by atoms with Gasteiger partial charge in [-0.25, -0.2) is 0 Å². The van der Waals surface area contributed by atoms with Gasteiger partial charge in [0.15, 0.2) is 0 Å². The topological polar surface area (TPSA) is 56.8 Å². The van der Waals surface area contributed by atoms with Crippen molar-refractivity contribution in [1.82, 2.24) is 5.32 Å². The predicted molar refractivity (Wildman–Crippen MR) is 82.2 cm³/mol. The van der Waals surface area contributed by atoms with E-state index in [9.17, 15) is 4.79 Å². The maximum atomic E-state index is 11.3. The van der Waals surface area contributed by atoms with Gasteiger partial charge in [-0.15, -0.1) is 5.92 Å². The van der Waals surface area contributed by atoms with Crippen molar-refractivity contribution in [3.05, 3.63) is 0 Å². The predicted octanol–water partition coefficient (Wildman–Crippen LogP) is 1.63. The quantitative estimate of drug-likeness (QED) is 0.417.